The van der Waals surface area contributed by atoms with E-state index in [0.717, 1.165) is 19.3 Å². The molecule has 0 aromatic heterocycles. The SMILES string of the molecule is NCCCCCOCC(=O)N1CC2(CCC(=O)NC2=O)C1. The van der Waals surface area contributed by atoms with Crippen LogP contribution >= 0.6 is 0 Å². The molecule has 2 aliphatic rings. The Kier molecular flexibility index (Phi) is 5.30. The van der Waals surface area contributed by atoms with E-state index in [9.17, 15) is 14.4 Å². The number of amides is 3. The Bertz CT molecular complexity index is 418. The van der Waals surface area contributed by atoms with Crippen molar-refractivity contribution in [2.24, 2.45) is 11.1 Å². The number of nitrogens with one attached hydrogen (secondary N) is 1. The van der Waals surface area contributed by atoms with Gasteiger partial charge in [-0.15, -0.1) is 0 Å². The Labute approximate surface area is 124 Å². The molecule has 3 amide bonds. The number of ether oxygens (including phenoxy) is 1. The molecule has 0 aromatic carbocycles. The summed E-state index contributed by atoms with van der Waals surface area (Å²) in [5.74, 6) is -0.564. The number of nitrogens with zero attached hydrogens (tertiary/aromatic N) is 1. The quantitative estimate of drug-likeness (QED) is 0.482. The molecule has 21 heavy (non-hydrogen) atoms. The van der Waals surface area contributed by atoms with Gasteiger partial charge in [-0.2, -0.15) is 0 Å². The maximum absolute atomic E-state index is 11.9. The van der Waals surface area contributed by atoms with Crippen molar-refractivity contribution in [3.63, 3.8) is 0 Å². The fraction of sp³-hybridized carbons (Fsp3) is 0.786. The number of hydrogen-bond donors (Lipinski definition) is 2. The summed E-state index contributed by atoms with van der Waals surface area (Å²) < 4.78 is 5.33. The van der Waals surface area contributed by atoms with Crippen LogP contribution in [0.1, 0.15) is 32.1 Å². The van der Waals surface area contributed by atoms with Crippen molar-refractivity contribution in [3.8, 4) is 0 Å². The van der Waals surface area contributed by atoms with Gasteiger partial charge >= 0.3 is 0 Å². The van der Waals surface area contributed by atoms with Gasteiger partial charge in [0, 0.05) is 26.1 Å². The first-order chi connectivity index (χ1) is 10.1. The van der Waals surface area contributed by atoms with Gasteiger partial charge in [-0.3, -0.25) is 19.7 Å². The molecule has 0 unspecified atom stereocenters. The van der Waals surface area contributed by atoms with E-state index in [4.69, 9.17) is 10.5 Å². The zero-order valence-electron chi connectivity index (χ0n) is 12.2. The Hall–Kier alpha value is -1.47. The maximum Gasteiger partial charge on any atom is 0.248 e. The normalized spacial score (nSPS) is 20.3. The maximum atomic E-state index is 11.9. The summed E-state index contributed by atoms with van der Waals surface area (Å²) in [7, 11) is 0. The first-order valence-electron chi connectivity index (χ1n) is 7.47. The highest BCUT2D eigenvalue weighted by Gasteiger charge is 2.52. The van der Waals surface area contributed by atoms with Crippen LogP contribution in [-0.2, 0) is 19.1 Å². The van der Waals surface area contributed by atoms with Gasteiger partial charge in [0.05, 0.1) is 5.41 Å². The van der Waals surface area contributed by atoms with Gasteiger partial charge in [0.15, 0.2) is 0 Å². The van der Waals surface area contributed by atoms with Gasteiger partial charge in [-0.25, -0.2) is 0 Å². The number of carbonyl (C=O) groups excluding carboxylic acids is 3. The van der Waals surface area contributed by atoms with Crippen LogP contribution in [0.5, 0.6) is 0 Å². The van der Waals surface area contributed by atoms with Crippen LogP contribution in [0, 0.1) is 5.41 Å². The van der Waals surface area contributed by atoms with E-state index in [1.807, 2.05) is 0 Å². The molecule has 2 rings (SSSR count). The lowest BCUT2D eigenvalue weighted by molar-refractivity contribution is -0.161. The minimum Gasteiger partial charge on any atom is -0.372 e. The second-order valence-electron chi connectivity index (χ2n) is 5.81. The van der Waals surface area contributed by atoms with Gasteiger partial charge < -0.3 is 15.4 Å². The lowest BCUT2D eigenvalue weighted by atomic mass is 9.73. The summed E-state index contributed by atoms with van der Waals surface area (Å²) in [4.78, 5) is 36.5. The van der Waals surface area contributed by atoms with E-state index >= 15 is 0 Å². The largest absolute Gasteiger partial charge is 0.372 e. The minimum absolute atomic E-state index is 0.0548. The highest BCUT2D eigenvalue weighted by molar-refractivity contribution is 6.02. The molecule has 0 aliphatic carbocycles. The lowest BCUT2D eigenvalue weighted by Crippen LogP contribution is -2.67. The summed E-state index contributed by atoms with van der Waals surface area (Å²) in [5, 5.41) is 2.35. The number of unbranched alkanes of at least 4 members (excludes halogenated alkanes) is 2. The summed E-state index contributed by atoms with van der Waals surface area (Å²) in [5.41, 5.74) is 4.84. The summed E-state index contributed by atoms with van der Waals surface area (Å²) in [6.45, 7) is 2.07. The van der Waals surface area contributed by atoms with E-state index < -0.39 is 5.41 Å². The predicted octanol–water partition coefficient (Wildman–Crippen LogP) is -0.603. The zero-order chi connectivity index (χ0) is 15.3. The first kappa shape index (κ1) is 15.9. The van der Waals surface area contributed by atoms with Crippen molar-refractivity contribution >= 4 is 17.7 Å². The van der Waals surface area contributed by atoms with Crippen molar-refractivity contribution in [3.05, 3.63) is 0 Å². The summed E-state index contributed by atoms with van der Waals surface area (Å²) in [6.07, 6.45) is 3.76. The first-order valence-corrected chi connectivity index (χ1v) is 7.47. The second kappa shape index (κ2) is 7.00. The molecule has 2 aliphatic heterocycles. The van der Waals surface area contributed by atoms with Crippen molar-refractivity contribution in [2.45, 2.75) is 32.1 Å². The Morgan fingerprint density at radius 3 is 2.71 bits per heavy atom. The van der Waals surface area contributed by atoms with Crippen molar-refractivity contribution in [1.82, 2.24) is 10.2 Å². The molecule has 1 spiro atoms. The number of imide groups is 1. The lowest BCUT2D eigenvalue weighted by Gasteiger charge is -2.50. The van der Waals surface area contributed by atoms with Gasteiger partial charge in [0.25, 0.3) is 0 Å². The van der Waals surface area contributed by atoms with Gasteiger partial charge in [-0.05, 0) is 32.2 Å². The monoisotopic (exact) mass is 297 g/mol. The van der Waals surface area contributed by atoms with Gasteiger partial charge in [0.2, 0.25) is 17.7 Å². The molecule has 0 bridgehead atoms. The molecular formula is C14H23N3O4. The molecule has 0 saturated carbocycles. The molecular weight excluding hydrogens is 274 g/mol. The van der Waals surface area contributed by atoms with Crippen molar-refractivity contribution < 1.29 is 19.1 Å². The predicted molar refractivity (Wildman–Crippen MR) is 75.1 cm³/mol. The minimum atomic E-state index is -0.551. The van der Waals surface area contributed by atoms with Crippen LogP contribution in [0.25, 0.3) is 0 Å². The third-order valence-electron chi connectivity index (χ3n) is 4.12. The molecule has 2 fully saturated rings. The highest BCUT2D eigenvalue weighted by atomic mass is 16.5. The van der Waals surface area contributed by atoms with E-state index in [1.165, 1.54) is 0 Å². The van der Waals surface area contributed by atoms with E-state index in [-0.39, 0.29) is 24.3 Å². The smallest absolute Gasteiger partial charge is 0.248 e. The summed E-state index contributed by atoms with van der Waals surface area (Å²) in [6, 6.07) is 0. The third-order valence-corrected chi connectivity index (χ3v) is 4.12. The van der Waals surface area contributed by atoms with Crippen LogP contribution < -0.4 is 11.1 Å². The summed E-state index contributed by atoms with van der Waals surface area (Å²) >= 11 is 0. The number of carbonyl (C=O) groups is 3. The molecule has 3 N–H and O–H groups in total. The molecule has 7 heteroatoms. The average Bonchev–Trinajstić information content (AvgIpc) is 2.40. The van der Waals surface area contributed by atoms with Crippen LogP contribution in [0.4, 0.5) is 0 Å². The number of nitrogens with two attached hydrogens (primary N) is 1. The van der Waals surface area contributed by atoms with Crippen LogP contribution in [0.2, 0.25) is 0 Å². The number of rotatable bonds is 7. The fourth-order valence-electron chi connectivity index (χ4n) is 2.73. The average molecular weight is 297 g/mol. The van der Waals surface area contributed by atoms with Gasteiger partial charge in [0.1, 0.15) is 6.61 Å². The van der Waals surface area contributed by atoms with E-state index in [0.29, 0.717) is 39.1 Å². The third kappa shape index (κ3) is 3.79. The second-order valence-corrected chi connectivity index (χ2v) is 5.81. The fourth-order valence-corrected chi connectivity index (χ4v) is 2.73. The van der Waals surface area contributed by atoms with Crippen molar-refractivity contribution in [2.75, 3.05) is 32.8 Å². The molecule has 2 saturated heterocycles. The Balaban J connectivity index is 1.63. The molecule has 118 valence electrons. The van der Waals surface area contributed by atoms with E-state index in [1.54, 1.807) is 4.90 Å². The van der Waals surface area contributed by atoms with Crippen molar-refractivity contribution in [1.29, 1.82) is 0 Å². The van der Waals surface area contributed by atoms with Crippen LogP contribution in [-0.4, -0.2) is 55.5 Å². The zero-order valence-corrected chi connectivity index (χ0v) is 12.2. The Morgan fingerprint density at radius 1 is 1.29 bits per heavy atom. The number of piperidine rings is 1. The number of hydrogen-bond acceptors (Lipinski definition) is 5. The molecule has 2 heterocycles. The van der Waals surface area contributed by atoms with Crippen LogP contribution in [0.3, 0.4) is 0 Å². The molecule has 0 atom stereocenters. The Morgan fingerprint density at radius 2 is 2.05 bits per heavy atom. The molecule has 0 aromatic rings. The molecule has 7 nitrogen and oxygen atoms in total. The van der Waals surface area contributed by atoms with Gasteiger partial charge in [-0.1, -0.05) is 0 Å². The molecule has 0 radical (unpaired) electrons. The highest BCUT2D eigenvalue weighted by Crippen LogP contribution is 2.37. The van der Waals surface area contributed by atoms with Crippen LogP contribution in [0.15, 0.2) is 0 Å². The number of likely N-dealkylation sites (tertiary alicyclic amines) is 1. The van der Waals surface area contributed by atoms with E-state index in [2.05, 4.69) is 5.32 Å². The standard InChI is InChI=1S/C14H23N3O4/c15-6-2-1-3-7-21-8-12(19)17-9-14(10-17)5-4-11(18)16-13(14)20/h1-10,15H2,(H,16,18,20). The topological polar surface area (TPSA) is 102 Å².